The van der Waals surface area contributed by atoms with E-state index >= 15 is 0 Å². The van der Waals surface area contributed by atoms with E-state index in [-0.39, 0.29) is 22.1 Å². The van der Waals surface area contributed by atoms with E-state index in [1.54, 1.807) is 29.2 Å². The van der Waals surface area contributed by atoms with Crippen molar-refractivity contribution in [3.8, 4) is 6.07 Å². The van der Waals surface area contributed by atoms with Crippen LogP contribution in [0.2, 0.25) is 0 Å². The van der Waals surface area contributed by atoms with Gasteiger partial charge in [-0.15, -0.1) is 0 Å². The number of anilines is 2. The molecule has 31 heavy (non-hydrogen) atoms. The molecule has 0 saturated carbocycles. The monoisotopic (exact) mass is 487 g/mol. The average Bonchev–Trinajstić information content (AvgIpc) is 2.80. The van der Waals surface area contributed by atoms with Crippen molar-refractivity contribution >= 4 is 45.0 Å². The summed E-state index contributed by atoms with van der Waals surface area (Å²) in [5, 5.41) is 26.6. The number of rotatable bonds is 4. The highest BCUT2D eigenvalue weighted by atomic mass is 79.9. The average molecular weight is 488 g/mol. The van der Waals surface area contributed by atoms with Crippen LogP contribution in [-0.4, -0.2) is 40.8 Å². The molecule has 10 heteroatoms. The summed E-state index contributed by atoms with van der Waals surface area (Å²) in [6.45, 7) is 0.721. The maximum absolute atomic E-state index is 13.4. The quantitative estimate of drug-likeness (QED) is 0.259. The van der Waals surface area contributed by atoms with Crippen molar-refractivity contribution in [2.45, 2.75) is 12.8 Å². The summed E-state index contributed by atoms with van der Waals surface area (Å²) < 4.78 is 13.6. The largest absolute Gasteiger partial charge is 0.409 e. The van der Waals surface area contributed by atoms with Gasteiger partial charge in [0.2, 0.25) is 11.6 Å². The summed E-state index contributed by atoms with van der Waals surface area (Å²) in [4.78, 5) is 26.8. The van der Waals surface area contributed by atoms with Gasteiger partial charge >= 0.3 is 6.03 Å². The molecule has 3 rings (SSSR count). The van der Waals surface area contributed by atoms with Crippen LogP contribution in [0.3, 0.4) is 0 Å². The van der Waals surface area contributed by atoms with Gasteiger partial charge in [-0.2, -0.15) is 5.26 Å². The highest BCUT2D eigenvalue weighted by Gasteiger charge is 2.30. The number of oxime groups is 1. The van der Waals surface area contributed by atoms with Crippen LogP contribution in [-0.2, 0) is 4.79 Å². The van der Waals surface area contributed by atoms with E-state index in [0.717, 1.165) is 0 Å². The number of carbonyl (C=O) groups excluding carboxylic acids is 2. The molecule has 0 aliphatic carbocycles. The second-order valence-corrected chi connectivity index (χ2v) is 7.80. The molecule has 1 fully saturated rings. The minimum Gasteiger partial charge on any atom is -0.409 e. The van der Waals surface area contributed by atoms with Crippen molar-refractivity contribution in [3.63, 3.8) is 0 Å². The molecule has 8 nitrogen and oxygen atoms in total. The molecule has 2 aromatic carbocycles. The first-order valence-corrected chi connectivity index (χ1v) is 10.2. The maximum Gasteiger partial charge on any atom is 0.321 e. The molecule has 2 aromatic rings. The van der Waals surface area contributed by atoms with Gasteiger partial charge in [0.25, 0.3) is 0 Å². The number of hydrogen-bond donors (Lipinski definition) is 3. The van der Waals surface area contributed by atoms with E-state index in [4.69, 9.17) is 5.26 Å². The third kappa shape index (κ3) is 5.58. The van der Waals surface area contributed by atoms with Crippen LogP contribution in [0.25, 0.3) is 0 Å². The van der Waals surface area contributed by atoms with Crippen molar-refractivity contribution < 1.29 is 19.2 Å². The van der Waals surface area contributed by atoms with E-state index in [1.165, 1.54) is 18.2 Å². The van der Waals surface area contributed by atoms with Crippen LogP contribution in [0.1, 0.15) is 18.4 Å². The van der Waals surface area contributed by atoms with Crippen LogP contribution in [0.5, 0.6) is 0 Å². The lowest BCUT2D eigenvalue weighted by Gasteiger charge is -2.31. The number of nitriles is 1. The van der Waals surface area contributed by atoms with Gasteiger partial charge in [-0.05, 0) is 71.2 Å². The molecule has 0 spiro atoms. The van der Waals surface area contributed by atoms with E-state index in [1.807, 2.05) is 6.07 Å². The smallest absolute Gasteiger partial charge is 0.321 e. The van der Waals surface area contributed by atoms with Crippen LogP contribution >= 0.6 is 15.9 Å². The van der Waals surface area contributed by atoms with E-state index in [0.29, 0.717) is 42.9 Å². The molecule has 0 unspecified atom stereocenters. The Morgan fingerprint density at radius 2 is 1.77 bits per heavy atom. The van der Waals surface area contributed by atoms with Gasteiger partial charge < -0.3 is 20.7 Å². The Labute approximate surface area is 186 Å². The van der Waals surface area contributed by atoms with Crippen molar-refractivity contribution in [3.05, 3.63) is 58.3 Å². The molecule has 3 N–H and O–H groups in total. The molecule has 1 aliphatic rings. The standard InChI is InChI=1S/C21H19BrFN5O3/c22-17-11-16(5-6-18(17)23)25-20(27-31)19(29)14-7-9-28(10-8-14)21(30)26-15-3-1-13(12-24)2-4-15/h1-6,11,14,31H,7-10H2,(H,25,27)(H,26,30). The first-order chi connectivity index (χ1) is 14.9. The third-order valence-electron chi connectivity index (χ3n) is 4.93. The summed E-state index contributed by atoms with van der Waals surface area (Å²) in [6, 6.07) is 12.3. The van der Waals surface area contributed by atoms with Crippen LogP contribution in [0, 0.1) is 23.1 Å². The van der Waals surface area contributed by atoms with E-state index in [2.05, 4.69) is 31.7 Å². The Balaban J connectivity index is 1.54. The first kappa shape index (κ1) is 22.2. The Morgan fingerprint density at radius 3 is 2.35 bits per heavy atom. The van der Waals surface area contributed by atoms with Gasteiger partial charge in [0, 0.05) is 30.4 Å². The van der Waals surface area contributed by atoms with Crippen molar-refractivity contribution in [2.75, 3.05) is 23.7 Å². The molecule has 0 radical (unpaired) electrons. The fourth-order valence-electron chi connectivity index (χ4n) is 3.22. The number of halogens is 2. The molecule has 0 aromatic heterocycles. The predicted molar refractivity (Wildman–Crippen MR) is 116 cm³/mol. The molecule has 1 aliphatic heterocycles. The molecule has 2 amide bonds. The predicted octanol–water partition coefficient (Wildman–Crippen LogP) is 4.17. The zero-order chi connectivity index (χ0) is 22.4. The fourth-order valence-corrected chi connectivity index (χ4v) is 3.59. The lowest BCUT2D eigenvalue weighted by Crippen LogP contribution is -2.44. The molecule has 1 heterocycles. The van der Waals surface area contributed by atoms with E-state index < -0.39 is 11.7 Å². The second kappa shape index (κ2) is 10.0. The fraction of sp³-hybridized carbons (Fsp3) is 0.238. The third-order valence-corrected chi connectivity index (χ3v) is 5.54. The van der Waals surface area contributed by atoms with Gasteiger partial charge in [-0.3, -0.25) is 4.79 Å². The SMILES string of the molecule is N#Cc1ccc(NC(=O)N2CCC(C(=O)/C(=N/O)Nc3ccc(F)c(Br)c3)CC2)cc1. The summed E-state index contributed by atoms with van der Waals surface area (Å²) in [7, 11) is 0. The van der Waals surface area contributed by atoms with Crippen molar-refractivity contribution in [1.82, 2.24) is 4.90 Å². The zero-order valence-corrected chi connectivity index (χ0v) is 17.9. The highest BCUT2D eigenvalue weighted by molar-refractivity contribution is 9.10. The highest BCUT2D eigenvalue weighted by Crippen LogP contribution is 2.23. The lowest BCUT2D eigenvalue weighted by atomic mass is 9.92. The topological polar surface area (TPSA) is 118 Å². The number of benzene rings is 2. The normalized spacial score (nSPS) is 14.6. The van der Waals surface area contributed by atoms with Gasteiger partial charge in [0.05, 0.1) is 16.1 Å². The summed E-state index contributed by atoms with van der Waals surface area (Å²) in [5.41, 5.74) is 1.47. The van der Waals surface area contributed by atoms with Gasteiger partial charge in [0.15, 0.2) is 0 Å². The molecule has 0 bridgehead atoms. The Bertz CT molecular complexity index is 1040. The lowest BCUT2D eigenvalue weighted by molar-refractivity contribution is -0.117. The number of nitrogens with one attached hydrogen (secondary N) is 2. The second-order valence-electron chi connectivity index (χ2n) is 6.95. The first-order valence-electron chi connectivity index (χ1n) is 9.45. The number of amides is 2. The molecular formula is C21H19BrFN5O3. The van der Waals surface area contributed by atoms with Crippen LogP contribution in [0.15, 0.2) is 52.1 Å². The molecule has 1 saturated heterocycles. The molecule has 0 atom stereocenters. The number of Topliss-reactive ketones (excluding diaryl/α,β-unsaturated/α-hetero) is 1. The number of carbonyl (C=O) groups is 2. The summed E-state index contributed by atoms with van der Waals surface area (Å²) in [5.74, 6) is -1.48. The van der Waals surface area contributed by atoms with Crippen molar-refractivity contribution in [1.29, 1.82) is 5.26 Å². The molecule has 160 valence electrons. The van der Waals surface area contributed by atoms with Crippen LogP contribution < -0.4 is 10.6 Å². The van der Waals surface area contributed by atoms with Crippen molar-refractivity contribution in [2.24, 2.45) is 11.1 Å². The van der Waals surface area contributed by atoms with Gasteiger partial charge in [-0.25, -0.2) is 9.18 Å². The minimum atomic E-state index is -0.453. The van der Waals surface area contributed by atoms with Crippen LogP contribution in [0.4, 0.5) is 20.6 Å². The summed E-state index contributed by atoms with van der Waals surface area (Å²) >= 11 is 3.06. The van der Waals surface area contributed by atoms with Gasteiger partial charge in [-0.1, -0.05) is 5.16 Å². The number of likely N-dealkylation sites (tertiary alicyclic amines) is 1. The summed E-state index contributed by atoms with van der Waals surface area (Å²) in [6.07, 6.45) is 0.820. The van der Waals surface area contributed by atoms with Gasteiger partial charge in [0.1, 0.15) is 5.82 Å². The zero-order valence-electron chi connectivity index (χ0n) is 16.3. The number of nitrogens with zero attached hydrogens (tertiary/aromatic N) is 3. The Hall–Kier alpha value is -3.45. The number of urea groups is 1. The number of ketones is 1. The Kier molecular flexibility index (Phi) is 7.20. The molecular weight excluding hydrogens is 469 g/mol. The minimum absolute atomic E-state index is 0.212. The number of piperidine rings is 1. The number of hydrogen-bond acceptors (Lipinski definition) is 5. The number of amidine groups is 1. The Morgan fingerprint density at radius 1 is 1.13 bits per heavy atom. The van der Waals surface area contributed by atoms with E-state index in [9.17, 15) is 19.2 Å². The maximum atomic E-state index is 13.4.